The Bertz CT molecular complexity index is 1020. The van der Waals surface area contributed by atoms with Crippen LogP contribution in [-0.2, 0) is 4.79 Å². The van der Waals surface area contributed by atoms with E-state index in [1.807, 2.05) is 0 Å². The zero-order valence-corrected chi connectivity index (χ0v) is 18.9. The summed E-state index contributed by atoms with van der Waals surface area (Å²) < 4.78 is 46.6. The molecule has 0 spiro atoms. The summed E-state index contributed by atoms with van der Waals surface area (Å²) in [6.45, 7) is 0.252. The third-order valence-corrected chi connectivity index (χ3v) is 5.15. The first-order chi connectivity index (χ1) is 16.7. The summed E-state index contributed by atoms with van der Waals surface area (Å²) in [5.74, 6) is -0.172. The molecule has 0 aliphatic heterocycles. The number of aliphatic hydroxyl groups excluding tert-OH is 1. The van der Waals surface area contributed by atoms with Crippen LogP contribution < -0.4 is 20.1 Å². The van der Waals surface area contributed by atoms with Crippen LogP contribution in [0.5, 0.6) is 11.5 Å². The van der Waals surface area contributed by atoms with E-state index in [0.29, 0.717) is 17.9 Å². The highest BCUT2D eigenvalue weighted by Crippen LogP contribution is 2.33. The SMILES string of the molecule is O=C(NCCO)C(=Cc1ccc(OC(F)(F)F)cc1)NC(=O)c1ccc(OCCCC2CC2)cc1. The Morgan fingerprint density at radius 2 is 1.69 bits per heavy atom. The number of amides is 2. The van der Waals surface area contributed by atoms with Crippen LogP contribution in [0.1, 0.15) is 41.6 Å². The quantitative estimate of drug-likeness (QED) is 0.307. The molecule has 2 aromatic rings. The van der Waals surface area contributed by atoms with E-state index >= 15 is 0 Å². The maximum atomic E-state index is 12.7. The largest absolute Gasteiger partial charge is 0.573 e. The minimum Gasteiger partial charge on any atom is -0.494 e. The number of hydrogen-bond donors (Lipinski definition) is 3. The van der Waals surface area contributed by atoms with Crippen LogP contribution in [0.15, 0.2) is 54.2 Å². The zero-order chi connectivity index (χ0) is 25.3. The maximum Gasteiger partial charge on any atom is 0.573 e. The van der Waals surface area contributed by atoms with Gasteiger partial charge in [0.25, 0.3) is 11.8 Å². The number of rotatable bonds is 12. The van der Waals surface area contributed by atoms with Gasteiger partial charge in [0, 0.05) is 12.1 Å². The standard InChI is InChI=1S/C25H27F3N2O5/c26-25(27,28)35-21-9-5-18(6-10-21)16-22(24(33)29-13-14-31)30-23(32)19-7-11-20(12-8-19)34-15-1-2-17-3-4-17/h5-12,16-17,31H,1-4,13-15H2,(H,29,33)(H,30,32). The third kappa shape index (κ3) is 9.32. The number of aliphatic hydroxyl groups is 1. The molecule has 1 fully saturated rings. The van der Waals surface area contributed by atoms with Crippen molar-refractivity contribution in [3.05, 3.63) is 65.4 Å². The molecule has 2 aromatic carbocycles. The van der Waals surface area contributed by atoms with Crippen LogP contribution >= 0.6 is 0 Å². The van der Waals surface area contributed by atoms with E-state index in [-0.39, 0.29) is 24.4 Å². The van der Waals surface area contributed by atoms with Gasteiger partial charge in [0.05, 0.1) is 13.2 Å². The first-order valence-electron chi connectivity index (χ1n) is 11.2. The predicted molar refractivity (Wildman–Crippen MR) is 123 cm³/mol. The Balaban J connectivity index is 1.65. The number of nitrogens with one attached hydrogen (secondary N) is 2. The molecule has 0 aromatic heterocycles. The van der Waals surface area contributed by atoms with Crippen LogP contribution in [0.4, 0.5) is 13.2 Å². The van der Waals surface area contributed by atoms with Gasteiger partial charge in [-0.1, -0.05) is 25.0 Å². The topological polar surface area (TPSA) is 96.9 Å². The summed E-state index contributed by atoms with van der Waals surface area (Å²) in [6.07, 6.45) is 1.22. The Morgan fingerprint density at radius 1 is 1.03 bits per heavy atom. The molecule has 0 unspecified atom stereocenters. The number of hydrogen-bond acceptors (Lipinski definition) is 5. The molecule has 10 heteroatoms. The summed E-state index contributed by atoms with van der Waals surface area (Å²) in [5.41, 5.74) is 0.488. The highest BCUT2D eigenvalue weighted by molar-refractivity contribution is 6.05. The molecule has 188 valence electrons. The molecule has 3 rings (SSSR count). The van der Waals surface area contributed by atoms with Gasteiger partial charge in [0.15, 0.2) is 0 Å². The van der Waals surface area contributed by atoms with Gasteiger partial charge in [0.1, 0.15) is 17.2 Å². The Hall–Kier alpha value is -3.53. The maximum absolute atomic E-state index is 12.7. The number of alkyl halides is 3. The van der Waals surface area contributed by atoms with Crippen LogP contribution in [0, 0.1) is 5.92 Å². The van der Waals surface area contributed by atoms with E-state index in [1.54, 1.807) is 24.3 Å². The van der Waals surface area contributed by atoms with E-state index in [1.165, 1.54) is 31.1 Å². The van der Waals surface area contributed by atoms with Crippen molar-refractivity contribution >= 4 is 17.9 Å². The second-order valence-corrected chi connectivity index (χ2v) is 8.07. The van der Waals surface area contributed by atoms with Crippen LogP contribution in [0.2, 0.25) is 0 Å². The third-order valence-electron chi connectivity index (χ3n) is 5.15. The average Bonchev–Trinajstić information content (AvgIpc) is 3.65. The lowest BCUT2D eigenvalue weighted by Gasteiger charge is -2.12. The van der Waals surface area contributed by atoms with Gasteiger partial charge in [-0.3, -0.25) is 9.59 Å². The molecule has 0 bridgehead atoms. The summed E-state index contributed by atoms with van der Waals surface area (Å²) in [5, 5.41) is 13.9. The zero-order valence-electron chi connectivity index (χ0n) is 18.9. The van der Waals surface area contributed by atoms with Crippen molar-refractivity contribution in [1.82, 2.24) is 10.6 Å². The fourth-order valence-corrected chi connectivity index (χ4v) is 3.22. The molecule has 0 saturated heterocycles. The van der Waals surface area contributed by atoms with E-state index < -0.39 is 23.9 Å². The molecule has 2 amide bonds. The van der Waals surface area contributed by atoms with Crippen molar-refractivity contribution in [2.75, 3.05) is 19.8 Å². The Morgan fingerprint density at radius 3 is 2.29 bits per heavy atom. The normalized spacial score (nSPS) is 13.8. The fraction of sp³-hybridized carbons (Fsp3) is 0.360. The van der Waals surface area contributed by atoms with Gasteiger partial charge in [0.2, 0.25) is 0 Å². The van der Waals surface area contributed by atoms with E-state index in [2.05, 4.69) is 15.4 Å². The summed E-state index contributed by atoms with van der Waals surface area (Å²) in [6, 6.07) is 11.3. The molecule has 35 heavy (non-hydrogen) atoms. The van der Waals surface area contributed by atoms with Crippen LogP contribution in [-0.4, -0.2) is 43.0 Å². The molecule has 7 nitrogen and oxygen atoms in total. The molecule has 0 radical (unpaired) electrons. The summed E-state index contributed by atoms with van der Waals surface area (Å²) in [7, 11) is 0. The highest BCUT2D eigenvalue weighted by Gasteiger charge is 2.31. The van der Waals surface area contributed by atoms with E-state index in [0.717, 1.165) is 30.9 Å². The second-order valence-electron chi connectivity index (χ2n) is 8.07. The lowest BCUT2D eigenvalue weighted by Crippen LogP contribution is -2.36. The number of carbonyl (C=O) groups is 2. The van der Waals surface area contributed by atoms with Crippen molar-refractivity contribution in [2.45, 2.75) is 32.0 Å². The lowest BCUT2D eigenvalue weighted by atomic mass is 10.1. The van der Waals surface area contributed by atoms with Gasteiger partial charge < -0.3 is 25.2 Å². The van der Waals surface area contributed by atoms with Crippen molar-refractivity contribution in [1.29, 1.82) is 0 Å². The lowest BCUT2D eigenvalue weighted by molar-refractivity contribution is -0.274. The Labute approximate surface area is 200 Å². The van der Waals surface area contributed by atoms with E-state index in [9.17, 15) is 22.8 Å². The monoisotopic (exact) mass is 492 g/mol. The molecule has 1 aliphatic rings. The van der Waals surface area contributed by atoms with Gasteiger partial charge in [-0.2, -0.15) is 0 Å². The van der Waals surface area contributed by atoms with Gasteiger partial charge >= 0.3 is 6.36 Å². The molecular formula is C25H27F3N2O5. The minimum atomic E-state index is -4.82. The number of benzene rings is 2. The number of carbonyl (C=O) groups excluding carboxylic acids is 2. The van der Waals surface area contributed by atoms with Crippen molar-refractivity contribution in [3.8, 4) is 11.5 Å². The number of halogens is 3. The molecule has 1 saturated carbocycles. The second kappa shape index (κ2) is 12.3. The van der Waals surface area contributed by atoms with Crippen molar-refractivity contribution < 1.29 is 37.3 Å². The average molecular weight is 492 g/mol. The molecular weight excluding hydrogens is 465 g/mol. The summed E-state index contributed by atoms with van der Waals surface area (Å²) in [4.78, 5) is 25.2. The molecule has 0 heterocycles. The highest BCUT2D eigenvalue weighted by atomic mass is 19.4. The first-order valence-corrected chi connectivity index (χ1v) is 11.2. The molecule has 0 atom stereocenters. The molecule has 3 N–H and O–H groups in total. The summed E-state index contributed by atoms with van der Waals surface area (Å²) >= 11 is 0. The Kier molecular flexibility index (Phi) is 9.13. The van der Waals surface area contributed by atoms with Gasteiger partial charge in [-0.05, 0) is 66.8 Å². The van der Waals surface area contributed by atoms with Crippen LogP contribution in [0.25, 0.3) is 6.08 Å². The number of ether oxygens (including phenoxy) is 2. The smallest absolute Gasteiger partial charge is 0.494 e. The minimum absolute atomic E-state index is 0.0445. The molecule has 1 aliphatic carbocycles. The predicted octanol–water partition coefficient (Wildman–Crippen LogP) is 4.03. The van der Waals surface area contributed by atoms with Gasteiger partial charge in [-0.15, -0.1) is 13.2 Å². The van der Waals surface area contributed by atoms with Crippen molar-refractivity contribution in [2.24, 2.45) is 5.92 Å². The van der Waals surface area contributed by atoms with Crippen LogP contribution in [0.3, 0.4) is 0 Å². The van der Waals surface area contributed by atoms with E-state index in [4.69, 9.17) is 9.84 Å². The fourth-order valence-electron chi connectivity index (χ4n) is 3.22. The first kappa shape index (κ1) is 26.1. The van der Waals surface area contributed by atoms with Crippen molar-refractivity contribution in [3.63, 3.8) is 0 Å². The van der Waals surface area contributed by atoms with Gasteiger partial charge in [-0.25, -0.2) is 0 Å².